The molecular formula is C27H27N3O4S. The maximum Gasteiger partial charge on any atom is 0.233 e. The van der Waals surface area contributed by atoms with E-state index in [1.165, 1.54) is 18.3 Å². The van der Waals surface area contributed by atoms with E-state index >= 15 is 0 Å². The van der Waals surface area contributed by atoms with Gasteiger partial charge in [0.25, 0.3) is 0 Å². The molecule has 0 fully saturated rings. The largest absolute Gasteiger partial charge is 0.294 e. The number of benzene rings is 2. The van der Waals surface area contributed by atoms with Gasteiger partial charge in [-0.25, -0.2) is 18.4 Å². The molecule has 0 unspecified atom stereocenters. The molecule has 0 aliphatic heterocycles. The normalized spacial score (nSPS) is 11.7. The maximum atomic E-state index is 13.1. The van der Waals surface area contributed by atoms with Crippen molar-refractivity contribution in [3.05, 3.63) is 90.0 Å². The van der Waals surface area contributed by atoms with Gasteiger partial charge in [-0.1, -0.05) is 38.1 Å². The number of rotatable bonds is 10. The third-order valence-corrected chi connectivity index (χ3v) is 7.62. The molecule has 0 amide bonds. The molecule has 4 aromatic rings. The predicted octanol–water partition coefficient (Wildman–Crippen LogP) is 5.00. The number of ketones is 2. The maximum absolute atomic E-state index is 13.1. The minimum Gasteiger partial charge on any atom is -0.294 e. The van der Waals surface area contributed by atoms with Gasteiger partial charge in [0, 0.05) is 43.2 Å². The first kappa shape index (κ1) is 24.5. The topological polar surface area (TPSA) is 98.5 Å². The van der Waals surface area contributed by atoms with Crippen LogP contribution in [0.4, 0.5) is 0 Å². The molecule has 0 aliphatic carbocycles. The minimum absolute atomic E-state index is 0.0521. The summed E-state index contributed by atoms with van der Waals surface area (Å²) in [6.07, 6.45) is 8.46. The first-order valence-electron chi connectivity index (χ1n) is 11.5. The first-order valence-corrected chi connectivity index (χ1v) is 13.0. The summed E-state index contributed by atoms with van der Waals surface area (Å²) in [5.41, 5.74) is 1.76. The molecule has 35 heavy (non-hydrogen) atoms. The fourth-order valence-electron chi connectivity index (χ4n) is 3.73. The Bertz CT molecular complexity index is 1470. The van der Waals surface area contributed by atoms with Gasteiger partial charge in [0.2, 0.25) is 15.6 Å². The highest BCUT2D eigenvalue weighted by Gasteiger charge is 2.19. The van der Waals surface area contributed by atoms with E-state index < -0.39 is 9.84 Å². The van der Waals surface area contributed by atoms with E-state index in [0.717, 1.165) is 12.0 Å². The monoisotopic (exact) mass is 489 g/mol. The van der Waals surface area contributed by atoms with Crippen molar-refractivity contribution in [2.24, 2.45) is 5.92 Å². The number of carbonyl (C=O) groups is 2. The Morgan fingerprint density at radius 2 is 1.66 bits per heavy atom. The minimum atomic E-state index is -3.77. The van der Waals surface area contributed by atoms with Gasteiger partial charge in [-0.3, -0.25) is 14.0 Å². The van der Waals surface area contributed by atoms with Crippen molar-refractivity contribution in [2.75, 3.05) is 0 Å². The number of imidazole rings is 1. The summed E-state index contributed by atoms with van der Waals surface area (Å²) in [6.45, 7) is 4.09. The molecule has 0 saturated heterocycles. The van der Waals surface area contributed by atoms with Crippen LogP contribution in [0.25, 0.3) is 5.78 Å². The van der Waals surface area contributed by atoms with Crippen LogP contribution >= 0.6 is 0 Å². The van der Waals surface area contributed by atoms with Crippen LogP contribution in [0.1, 0.15) is 59.4 Å². The van der Waals surface area contributed by atoms with Gasteiger partial charge in [-0.2, -0.15) is 0 Å². The van der Waals surface area contributed by atoms with E-state index in [9.17, 15) is 18.0 Å². The molecule has 0 aliphatic rings. The fraction of sp³-hybridized carbons (Fsp3) is 0.259. The highest BCUT2D eigenvalue weighted by Crippen LogP contribution is 2.23. The van der Waals surface area contributed by atoms with Gasteiger partial charge in [0.15, 0.2) is 11.6 Å². The lowest BCUT2D eigenvalue weighted by Gasteiger charge is -2.09. The summed E-state index contributed by atoms with van der Waals surface area (Å²) in [7, 11) is -3.77. The summed E-state index contributed by atoms with van der Waals surface area (Å²) in [6, 6.07) is 12.7. The molecule has 0 atom stereocenters. The lowest BCUT2D eigenvalue weighted by molar-refractivity contribution is 0.0970. The highest BCUT2D eigenvalue weighted by molar-refractivity contribution is 7.91. The fourth-order valence-corrected chi connectivity index (χ4v) is 5.04. The summed E-state index contributed by atoms with van der Waals surface area (Å²) in [4.78, 5) is 33.5. The van der Waals surface area contributed by atoms with Gasteiger partial charge in [-0.15, -0.1) is 0 Å². The first-order chi connectivity index (χ1) is 16.7. The van der Waals surface area contributed by atoms with E-state index in [-0.39, 0.29) is 27.8 Å². The van der Waals surface area contributed by atoms with Crippen molar-refractivity contribution in [1.82, 2.24) is 14.4 Å². The van der Waals surface area contributed by atoms with Crippen molar-refractivity contribution < 1.29 is 18.0 Å². The summed E-state index contributed by atoms with van der Waals surface area (Å²) >= 11 is 0. The lowest BCUT2D eigenvalue weighted by atomic mass is 10.0. The van der Waals surface area contributed by atoms with Crippen LogP contribution in [-0.2, 0) is 16.3 Å². The molecule has 0 saturated carbocycles. The van der Waals surface area contributed by atoms with Gasteiger partial charge < -0.3 is 0 Å². The lowest BCUT2D eigenvalue weighted by Crippen LogP contribution is -2.06. The van der Waals surface area contributed by atoms with Gasteiger partial charge in [0.1, 0.15) is 0 Å². The van der Waals surface area contributed by atoms with Crippen LogP contribution in [0.5, 0.6) is 0 Å². The Morgan fingerprint density at radius 1 is 0.914 bits per heavy atom. The van der Waals surface area contributed by atoms with Crippen molar-refractivity contribution >= 4 is 27.2 Å². The predicted molar refractivity (Wildman–Crippen MR) is 132 cm³/mol. The third-order valence-electron chi connectivity index (χ3n) is 5.86. The zero-order valence-corrected chi connectivity index (χ0v) is 20.5. The summed E-state index contributed by atoms with van der Waals surface area (Å²) in [5.74, 6) is 0.822. The molecule has 7 nitrogen and oxygen atoms in total. The molecule has 2 heterocycles. The molecule has 8 heteroatoms. The smallest absolute Gasteiger partial charge is 0.233 e. The van der Waals surface area contributed by atoms with Crippen molar-refractivity contribution in [3.63, 3.8) is 0 Å². The highest BCUT2D eigenvalue weighted by atomic mass is 32.2. The van der Waals surface area contributed by atoms with E-state index in [4.69, 9.17) is 0 Å². The molecule has 0 radical (unpaired) electrons. The average Bonchev–Trinajstić information content (AvgIpc) is 3.34. The Morgan fingerprint density at radius 3 is 2.40 bits per heavy atom. The van der Waals surface area contributed by atoms with Crippen LogP contribution in [-0.4, -0.2) is 34.4 Å². The summed E-state index contributed by atoms with van der Waals surface area (Å²) in [5, 5.41) is 0. The van der Waals surface area contributed by atoms with E-state index in [1.807, 2.05) is 13.8 Å². The number of sulfone groups is 1. The van der Waals surface area contributed by atoms with Gasteiger partial charge >= 0.3 is 0 Å². The number of nitrogens with zero attached hydrogens (tertiary/aromatic N) is 3. The van der Waals surface area contributed by atoms with Crippen LogP contribution in [0.15, 0.2) is 83.1 Å². The van der Waals surface area contributed by atoms with Crippen molar-refractivity contribution in [1.29, 1.82) is 0 Å². The van der Waals surface area contributed by atoms with Crippen LogP contribution < -0.4 is 0 Å². The van der Waals surface area contributed by atoms with Crippen molar-refractivity contribution in [2.45, 2.75) is 49.3 Å². The number of hydrogen-bond acceptors (Lipinski definition) is 6. The quantitative estimate of drug-likeness (QED) is 0.291. The number of hydrogen-bond donors (Lipinski definition) is 0. The Kier molecular flexibility index (Phi) is 7.21. The Balaban J connectivity index is 1.43. The van der Waals surface area contributed by atoms with E-state index in [0.29, 0.717) is 35.7 Å². The number of fused-ring (bicyclic) bond motifs is 1. The third kappa shape index (κ3) is 5.71. The van der Waals surface area contributed by atoms with Crippen LogP contribution in [0.3, 0.4) is 0 Å². The second-order valence-electron chi connectivity index (χ2n) is 8.93. The van der Waals surface area contributed by atoms with E-state index in [2.05, 4.69) is 9.97 Å². The molecule has 2 aromatic heterocycles. The van der Waals surface area contributed by atoms with Crippen molar-refractivity contribution in [3.8, 4) is 0 Å². The number of Topliss-reactive ketones (excluding diaryl/α,β-unsaturated/α-hetero) is 2. The zero-order valence-electron chi connectivity index (χ0n) is 19.7. The molecule has 0 spiro atoms. The molecular weight excluding hydrogens is 462 g/mol. The molecule has 0 N–H and O–H groups in total. The Hall–Kier alpha value is -3.65. The average molecular weight is 490 g/mol. The van der Waals surface area contributed by atoms with E-state index in [1.54, 1.807) is 59.4 Å². The van der Waals surface area contributed by atoms with Gasteiger partial charge in [-0.05, 0) is 48.6 Å². The number of aryl methyl sites for hydroxylation is 1. The molecule has 0 bridgehead atoms. The Labute approximate surface area is 204 Å². The summed E-state index contributed by atoms with van der Waals surface area (Å²) < 4.78 is 28.0. The molecule has 2 aromatic carbocycles. The SMILES string of the molecule is CC(C)CCC(=O)c1cccc(S(=O)(=O)c2ccc(CCC(=O)c3cnc4nccn4c3)cc2)c1. The van der Waals surface area contributed by atoms with Gasteiger partial charge in [0.05, 0.1) is 15.4 Å². The second-order valence-corrected chi connectivity index (χ2v) is 10.9. The zero-order chi connectivity index (χ0) is 25.0. The molecule has 180 valence electrons. The number of aromatic nitrogens is 3. The number of carbonyl (C=O) groups excluding carboxylic acids is 2. The van der Waals surface area contributed by atoms with Crippen LogP contribution in [0.2, 0.25) is 0 Å². The standard InChI is InChI=1S/C27H27N3O4S/c1-19(2)6-12-25(31)21-4-3-5-24(16-21)35(33,34)23-10-7-20(8-11-23)9-13-26(32)22-17-29-27-28-14-15-30(27)18-22/h3-5,7-8,10-11,14-19H,6,9,12-13H2,1-2H3. The molecule has 4 rings (SSSR count). The second kappa shape index (κ2) is 10.3. The van der Waals surface area contributed by atoms with Crippen LogP contribution in [0, 0.1) is 5.92 Å².